The van der Waals surface area contributed by atoms with Crippen LogP contribution in [0.1, 0.15) is 23.7 Å². The molecule has 0 atom stereocenters. The fraction of sp³-hybridized carbons (Fsp3) is 0.222. The lowest BCUT2D eigenvalue weighted by molar-refractivity contribution is -0.116. The topological polar surface area (TPSA) is 47.0 Å². The number of ketones is 2. The predicted molar refractivity (Wildman–Crippen MR) is 48.9 cm³/mol. The Balaban J connectivity index is 2.83. The maximum absolute atomic E-state index is 11.3. The third-order valence-corrected chi connectivity index (χ3v) is 1.66. The van der Waals surface area contributed by atoms with E-state index in [1.807, 2.05) is 0 Å². The minimum absolute atomic E-state index is 0.0830. The molecule has 1 rings (SSSR count). The van der Waals surface area contributed by atoms with Crippen LogP contribution >= 0.6 is 11.6 Å². The zero-order chi connectivity index (χ0) is 9.84. The molecule has 13 heavy (non-hydrogen) atoms. The highest BCUT2D eigenvalue weighted by Crippen LogP contribution is 2.09. The van der Waals surface area contributed by atoms with Crippen molar-refractivity contribution in [2.24, 2.45) is 0 Å². The van der Waals surface area contributed by atoms with Crippen LogP contribution in [-0.2, 0) is 4.79 Å². The Hall–Kier alpha value is -1.22. The largest absolute Gasteiger partial charge is 0.300 e. The average molecular weight is 198 g/mol. The maximum Gasteiger partial charge on any atom is 0.170 e. The molecule has 0 fully saturated rings. The molecule has 4 heteroatoms. The molecule has 0 bridgehead atoms. The SMILES string of the molecule is CC(=O)CC(=O)c1ccnc(Cl)c1. The van der Waals surface area contributed by atoms with Gasteiger partial charge in [0.2, 0.25) is 0 Å². The molecule has 0 N–H and O–H groups in total. The van der Waals surface area contributed by atoms with Gasteiger partial charge in [-0.15, -0.1) is 0 Å². The lowest BCUT2D eigenvalue weighted by Gasteiger charge is -1.97. The number of hydrogen-bond donors (Lipinski definition) is 0. The van der Waals surface area contributed by atoms with E-state index in [4.69, 9.17) is 11.6 Å². The Kier molecular flexibility index (Phi) is 3.14. The summed E-state index contributed by atoms with van der Waals surface area (Å²) >= 11 is 5.58. The first kappa shape index (κ1) is 9.86. The quantitative estimate of drug-likeness (QED) is 0.422. The molecule has 0 aromatic carbocycles. The molecule has 0 spiro atoms. The van der Waals surface area contributed by atoms with Crippen LogP contribution in [0.2, 0.25) is 5.15 Å². The van der Waals surface area contributed by atoms with Gasteiger partial charge in [-0.2, -0.15) is 0 Å². The zero-order valence-corrected chi connectivity index (χ0v) is 7.84. The molecule has 68 valence electrons. The van der Waals surface area contributed by atoms with E-state index in [0.29, 0.717) is 5.56 Å². The number of carbonyl (C=O) groups is 2. The summed E-state index contributed by atoms with van der Waals surface area (Å²) in [5.74, 6) is -0.380. The summed E-state index contributed by atoms with van der Waals surface area (Å²) in [6.45, 7) is 1.38. The highest BCUT2D eigenvalue weighted by molar-refractivity contribution is 6.29. The van der Waals surface area contributed by atoms with Gasteiger partial charge in [0.1, 0.15) is 10.9 Å². The van der Waals surface area contributed by atoms with E-state index in [1.54, 1.807) is 0 Å². The summed E-state index contributed by atoms with van der Waals surface area (Å²) in [4.78, 5) is 25.7. The van der Waals surface area contributed by atoms with Gasteiger partial charge in [0, 0.05) is 11.8 Å². The first-order chi connectivity index (χ1) is 6.09. The molecule has 0 radical (unpaired) electrons. The van der Waals surface area contributed by atoms with Gasteiger partial charge < -0.3 is 0 Å². The third kappa shape index (κ3) is 2.95. The maximum atomic E-state index is 11.3. The van der Waals surface area contributed by atoms with E-state index < -0.39 is 0 Å². The summed E-state index contributed by atoms with van der Waals surface area (Å²) in [5.41, 5.74) is 0.426. The van der Waals surface area contributed by atoms with Crippen LogP contribution in [0.5, 0.6) is 0 Å². The van der Waals surface area contributed by atoms with Crippen LogP contribution < -0.4 is 0 Å². The van der Waals surface area contributed by atoms with E-state index in [2.05, 4.69) is 4.98 Å². The van der Waals surface area contributed by atoms with E-state index in [0.717, 1.165) is 0 Å². The molecule has 0 aliphatic rings. The first-order valence-electron chi connectivity index (χ1n) is 3.74. The number of pyridine rings is 1. The van der Waals surface area contributed by atoms with Gasteiger partial charge in [-0.05, 0) is 19.1 Å². The van der Waals surface area contributed by atoms with Crippen molar-refractivity contribution < 1.29 is 9.59 Å². The third-order valence-electron chi connectivity index (χ3n) is 1.46. The fourth-order valence-corrected chi connectivity index (χ4v) is 1.08. The van der Waals surface area contributed by atoms with Crippen LogP contribution in [0.25, 0.3) is 0 Å². The second-order valence-electron chi connectivity index (χ2n) is 2.67. The average Bonchev–Trinajstić information content (AvgIpc) is 2.03. The van der Waals surface area contributed by atoms with Crippen LogP contribution in [0.15, 0.2) is 18.3 Å². The van der Waals surface area contributed by atoms with Crippen molar-refractivity contribution in [2.45, 2.75) is 13.3 Å². The van der Waals surface area contributed by atoms with E-state index in [9.17, 15) is 9.59 Å². The fourth-order valence-electron chi connectivity index (χ4n) is 0.904. The van der Waals surface area contributed by atoms with Gasteiger partial charge in [-0.1, -0.05) is 11.6 Å². The Morgan fingerprint density at radius 3 is 2.77 bits per heavy atom. The van der Waals surface area contributed by atoms with E-state index >= 15 is 0 Å². The van der Waals surface area contributed by atoms with Crippen molar-refractivity contribution in [1.29, 1.82) is 0 Å². The molecule has 3 nitrogen and oxygen atoms in total. The number of aromatic nitrogens is 1. The lowest BCUT2D eigenvalue weighted by atomic mass is 10.1. The molecule has 1 heterocycles. The molecule has 0 saturated carbocycles. The highest BCUT2D eigenvalue weighted by atomic mass is 35.5. The van der Waals surface area contributed by atoms with Crippen LogP contribution in [0.3, 0.4) is 0 Å². The van der Waals surface area contributed by atoms with Crippen LogP contribution in [0, 0.1) is 0 Å². The first-order valence-corrected chi connectivity index (χ1v) is 4.11. The van der Waals surface area contributed by atoms with E-state index in [-0.39, 0.29) is 23.1 Å². The van der Waals surface area contributed by atoms with Gasteiger partial charge >= 0.3 is 0 Å². The highest BCUT2D eigenvalue weighted by Gasteiger charge is 2.08. The number of hydrogen-bond acceptors (Lipinski definition) is 3. The second-order valence-corrected chi connectivity index (χ2v) is 3.06. The van der Waals surface area contributed by atoms with Gasteiger partial charge in [-0.3, -0.25) is 9.59 Å². The normalized spacial score (nSPS) is 9.69. The number of Topliss-reactive ketones (excluding diaryl/α,β-unsaturated/α-hetero) is 2. The van der Waals surface area contributed by atoms with E-state index in [1.165, 1.54) is 25.3 Å². The summed E-state index contributed by atoms with van der Waals surface area (Å²) in [6.07, 6.45) is 1.36. The molecule has 0 aliphatic heterocycles. The Morgan fingerprint density at radius 2 is 2.23 bits per heavy atom. The molecular weight excluding hydrogens is 190 g/mol. The van der Waals surface area contributed by atoms with Crippen molar-refractivity contribution in [3.05, 3.63) is 29.0 Å². The number of carbonyl (C=O) groups excluding carboxylic acids is 2. The van der Waals surface area contributed by atoms with Crippen LogP contribution in [-0.4, -0.2) is 16.6 Å². The van der Waals surface area contributed by atoms with Crippen molar-refractivity contribution in [2.75, 3.05) is 0 Å². The summed E-state index contributed by atoms with van der Waals surface area (Å²) in [6, 6.07) is 2.99. The molecular formula is C9H8ClNO2. The van der Waals surface area contributed by atoms with Gasteiger partial charge in [0.15, 0.2) is 5.78 Å². The second kappa shape index (κ2) is 4.14. The van der Waals surface area contributed by atoms with Crippen molar-refractivity contribution in [3.8, 4) is 0 Å². The molecule has 0 aliphatic carbocycles. The smallest absolute Gasteiger partial charge is 0.170 e. The monoisotopic (exact) mass is 197 g/mol. The Bertz CT molecular complexity index is 349. The van der Waals surface area contributed by atoms with Crippen molar-refractivity contribution in [1.82, 2.24) is 4.98 Å². The van der Waals surface area contributed by atoms with Crippen molar-refractivity contribution in [3.63, 3.8) is 0 Å². The molecule has 1 aromatic heterocycles. The number of nitrogens with zero attached hydrogens (tertiary/aromatic N) is 1. The summed E-state index contributed by atoms with van der Waals surface area (Å²) < 4.78 is 0. The lowest BCUT2D eigenvalue weighted by Crippen LogP contribution is -2.04. The Morgan fingerprint density at radius 1 is 1.54 bits per heavy atom. The van der Waals surface area contributed by atoms with Crippen LogP contribution in [0.4, 0.5) is 0 Å². The number of halogens is 1. The Labute approximate surface area is 80.7 Å². The minimum atomic E-state index is -0.225. The van der Waals surface area contributed by atoms with Gasteiger partial charge in [-0.25, -0.2) is 4.98 Å². The number of rotatable bonds is 3. The summed E-state index contributed by atoms with van der Waals surface area (Å²) in [7, 11) is 0. The van der Waals surface area contributed by atoms with Gasteiger partial charge in [0.25, 0.3) is 0 Å². The van der Waals surface area contributed by atoms with Gasteiger partial charge in [0.05, 0.1) is 6.42 Å². The molecule has 0 unspecified atom stereocenters. The predicted octanol–water partition coefficient (Wildman–Crippen LogP) is 1.90. The molecule has 0 amide bonds. The van der Waals surface area contributed by atoms with Crippen molar-refractivity contribution >= 4 is 23.2 Å². The zero-order valence-electron chi connectivity index (χ0n) is 7.08. The molecule has 1 aromatic rings. The minimum Gasteiger partial charge on any atom is -0.300 e. The summed E-state index contributed by atoms with van der Waals surface area (Å²) in [5, 5.41) is 0.259. The molecule has 0 saturated heterocycles. The standard InChI is InChI=1S/C9H8ClNO2/c1-6(12)4-8(13)7-2-3-11-9(10)5-7/h2-3,5H,4H2,1H3.